The number of ether oxygens (including phenoxy) is 3. The summed E-state index contributed by atoms with van der Waals surface area (Å²) in [7, 11) is 0. The maximum absolute atomic E-state index is 12.4. The molecule has 16 rings (SSSR count). The van der Waals surface area contributed by atoms with Crippen LogP contribution in [-0.4, -0.2) is 178 Å². The number of nitrogens with one attached hydrogen (secondary N) is 4. The Morgan fingerprint density at radius 3 is 1.10 bits per heavy atom. The van der Waals surface area contributed by atoms with Gasteiger partial charge in [-0.2, -0.15) is 13.2 Å². The summed E-state index contributed by atoms with van der Waals surface area (Å²) in [6.45, 7) is 26.2. The van der Waals surface area contributed by atoms with Gasteiger partial charge in [-0.1, -0.05) is 106 Å². The summed E-state index contributed by atoms with van der Waals surface area (Å²) >= 11 is 43.3. The predicted octanol–water partition coefficient (Wildman–Crippen LogP) is 21.0. The minimum Gasteiger partial charge on any atom is -0.444 e. The molecule has 0 saturated carbocycles. The van der Waals surface area contributed by atoms with E-state index in [2.05, 4.69) is 64.4 Å². The van der Waals surface area contributed by atoms with Gasteiger partial charge in [0.15, 0.2) is 6.29 Å². The second-order valence-electron chi connectivity index (χ2n) is 34.0. The zero-order valence-electron chi connectivity index (χ0n) is 74.1. The van der Waals surface area contributed by atoms with Gasteiger partial charge in [0, 0.05) is 93.1 Å². The van der Waals surface area contributed by atoms with Gasteiger partial charge in [0.05, 0.1) is 109 Å². The van der Waals surface area contributed by atoms with Crippen molar-refractivity contribution >= 4 is 186 Å². The fourth-order valence-corrected chi connectivity index (χ4v) is 18.1. The lowest BCUT2D eigenvalue weighted by molar-refractivity contribution is -0.185. The molecule has 0 spiro atoms. The summed E-state index contributed by atoms with van der Waals surface area (Å²) in [5, 5.41) is 17.5. The predicted molar refractivity (Wildman–Crippen MR) is 524 cm³/mol. The van der Waals surface area contributed by atoms with E-state index in [9.17, 15) is 37.1 Å². The van der Waals surface area contributed by atoms with Gasteiger partial charge < -0.3 is 72.3 Å². The van der Waals surface area contributed by atoms with E-state index in [1.54, 1.807) is 72.9 Å². The van der Waals surface area contributed by atoms with Gasteiger partial charge in [-0.05, 0) is 269 Å². The lowest BCUT2D eigenvalue weighted by Crippen LogP contribution is -2.42. The number of benzene rings is 6. The molecule has 0 radical (unpaired) electrons. The van der Waals surface area contributed by atoms with Crippen molar-refractivity contribution in [3.63, 3.8) is 0 Å². The Bertz CT molecular complexity index is 5470. The highest BCUT2D eigenvalue weighted by Crippen LogP contribution is 2.39. The molecule has 6 aliphatic rings. The van der Waals surface area contributed by atoms with Crippen molar-refractivity contribution in [2.24, 2.45) is 4.99 Å². The number of thiazole rings is 4. The minimum absolute atomic E-state index is 0.00408. The average Bonchev–Trinajstić information content (AvgIpc) is 1.63. The van der Waals surface area contributed by atoms with E-state index in [1.807, 2.05) is 128 Å². The van der Waals surface area contributed by atoms with Gasteiger partial charge in [-0.15, -0.1) is 45.3 Å². The SMILES string of the molecule is CC(C)(C)OC(=O)N1CCc2ccc(Cl)c(N)c2CC1.CC(C)(C)OC(=O)N1CCc2ccc(Cl)c(N=Cc3cncs3)c2CC1.CC(C)(C)OC(=O)N1CCc2ccc(Cl)c(NCc3cncs3)c2CC1.Clc1ccc2c(c1NCc1cncs1)CCNCC2.Nc1c(Cl)ccc2c1CCN(C(=O)C(F)(F)F)CC2.Nc1c(Cl)ccc2c1CCNCC2.O=Cc1cncs1. The number of aldehydes is 1. The number of alkyl halides is 3. The smallest absolute Gasteiger partial charge is 0.444 e. The normalized spacial score (nSPS) is 14.9. The first-order valence-electron chi connectivity index (χ1n) is 42.6. The first kappa shape index (κ1) is 103. The Kier molecular flexibility index (Phi) is 38.5. The number of carbonyl (C=O) groups is 5. The van der Waals surface area contributed by atoms with Crippen molar-refractivity contribution in [3.05, 3.63) is 236 Å². The lowest BCUT2D eigenvalue weighted by Gasteiger charge is -2.26. The van der Waals surface area contributed by atoms with Crippen LogP contribution in [0.25, 0.3) is 0 Å². The van der Waals surface area contributed by atoms with Gasteiger partial charge in [0.2, 0.25) is 0 Å². The van der Waals surface area contributed by atoms with Crippen molar-refractivity contribution in [3.8, 4) is 0 Å². The van der Waals surface area contributed by atoms with Crippen LogP contribution in [0.4, 0.5) is 61.7 Å². The van der Waals surface area contributed by atoms with Crippen molar-refractivity contribution in [1.29, 1.82) is 0 Å². The first-order valence-corrected chi connectivity index (χ1v) is 48.4. The summed E-state index contributed by atoms with van der Waals surface area (Å²) < 4.78 is 53.6. The maximum Gasteiger partial charge on any atom is 0.471 e. The topological polar surface area (TPSA) is 316 Å². The third kappa shape index (κ3) is 31.0. The van der Waals surface area contributed by atoms with Gasteiger partial charge in [0.1, 0.15) is 16.8 Å². The highest BCUT2D eigenvalue weighted by atomic mass is 35.5. The molecule has 0 bridgehead atoms. The number of halogens is 9. The van der Waals surface area contributed by atoms with E-state index >= 15 is 0 Å². The van der Waals surface area contributed by atoms with Gasteiger partial charge in [-0.3, -0.25) is 34.5 Å². The highest BCUT2D eigenvalue weighted by Gasteiger charge is 2.43. The molecule has 698 valence electrons. The standard InChI is InChI=1S/C19H24ClN3O2S.C19H22ClN3O2S.C15H21ClN2O2.C14H16ClN3S.C12H12ClF3N2O.C10H13ClN2.C4H3NOS/c2*1-19(2,3)25-18(24)23-8-6-13-4-5-16(20)17(15(13)7-9-23)22-11-14-10-21-12-26-14;1-15(2,3)20-14(19)18-8-6-10-4-5-12(16)13(17)11(10)7-9-18;15-13-2-1-10-3-5-16-6-4-12(10)14(13)18-8-11-7-17-9-19-11;13-9-2-1-7-3-5-18(11(19)12(14,15)16)6-4-8(7)10(9)17;11-9-2-1-7-3-5-13-6-4-8(7)10(9)12;6-2-4-1-5-3-7-4/h4-5,10,12,22H,6-9,11H2,1-3H3;4-5,10-12H,6-9H2,1-3H3;4-5H,6-9,17H2,1-3H3;1-2,7,9,16,18H,3-6,8H2;1-2H,3-6,17H2;1-2,13H,3-6,12H2;1-3H. The Morgan fingerprint density at radius 1 is 0.408 bits per heavy atom. The number of anilines is 5. The van der Waals surface area contributed by atoms with Crippen molar-refractivity contribution in [2.75, 3.05) is 106 Å². The van der Waals surface area contributed by atoms with Crippen LogP contribution in [0, 0.1) is 0 Å². The van der Waals surface area contributed by atoms with E-state index in [1.165, 1.54) is 72.7 Å². The van der Waals surface area contributed by atoms with Crippen LogP contribution >= 0.6 is 115 Å². The van der Waals surface area contributed by atoms with Crippen molar-refractivity contribution in [1.82, 2.24) is 50.2 Å². The molecule has 24 nitrogen and oxygen atoms in total. The zero-order valence-corrected chi connectivity index (χ0v) is 81.9. The lowest BCUT2D eigenvalue weighted by atomic mass is 10.0. The summed E-state index contributed by atoms with van der Waals surface area (Å²) in [5.74, 6) is -1.80. The average molecular weight is 1980 g/mol. The van der Waals surface area contributed by atoms with Crippen LogP contribution in [0.15, 0.2) is 125 Å². The molecule has 4 amide bonds. The van der Waals surface area contributed by atoms with Crippen molar-refractivity contribution < 1.29 is 51.4 Å². The molecule has 10 N–H and O–H groups in total. The fourth-order valence-electron chi connectivity index (χ4n) is 14.9. The highest BCUT2D eigenvalue weighted by molar-refractivity contribution is 7.11. The number of nitrogens with zero attached hydrogens (tertiary/aromatic N) is 9. The number of fused-ring (bicyclic) bond motifs is 6. The molecular weight excluding hydrogens is 1870 g/mol. The van der Waals surface area contributed by atoms with Crippen LogP contribution in [0.3, 0.4) is 0 Å². The maximum atomic E-state index is 12.4. The van der Waals surface area contributed by atoms with Crippen molar-refractivity contribution in [2.45, 2.75) is 175 Å². The Balaban J connectivity index is 0.000000161. The van der Waals surface area contributed by atoms with E-state index in [0.717, 1.165) is 161 Å². The number of rotatable bonds is 9. The Labute approximate surface area is 803 Å². The molecule has 10 heterocycles. The second-order valence-corrected chi connectivity index (χ2v) is 40.2. The molecule has 37 heteroatoms. The molecule has 6 aromatic carbocycles. The number of aliphatic imine (C=N–C) groups is 1. The molecule has 10 aromatic rings. The molecule has 0 atom stereocenters. The number of hydrogen-bond acceptors (Lipinski definition) is 24. The quantitative estimate of drug-likeness (QED) is 0.0306. The van der Waals surface area contributed by atoms with Crippen LogP contribution < -0.4 is 38.5 Å². The summed E-state index contributed by atoms with van der Waals surface area (Å²) in [6, 6.07) is 23.2. The van der Waals surface area contributed by atoms with Crippen LogP contribution in [0.5, 0.6) is 0 Å². The van der Waals surface area contributed by atoms with Gasteiger partial charge >= 0.3 is 30.4 Å². The molecule has 0 aliphatic carbocycles. The van der Waals surface area contributed by atoms with E-state index in [0.29, 0.717) is 106 Å². The van der Waals surface area contributed by atoms with E-state index in [-0.39, 0.29) is 37.8 Å². The van der Waals surface area contributed by atoms with E-state index in [4.69, 9.17) is 101 Å². The molecule has 0 fully saturated rings. The molecular formula is C93H111Cl6F3N16O8S4. The Hall–Kier alpha value is -9.09. The fraction of sp³-hybridized carbons (Fsp3) is 0.419. The van der Waals surface area contributed by atoms with Crippen LogP contribution in [0.1, 0.15) is 153 Å². The Morgan fingerprint density at radius 2 is 0.715 bits per heavy atom. The molecule has 0 unspecified atom stereocenters. The number of hydrogen-bond donors (Lipinski definition) is 7. The number of nitrogens with two attached hydrogens (primary N) is 3. The number of carbonyl (C=O) groups excluding carboxylic acids is 5. The zero-order chi connectivity index (χ0) is 94.0. The van der Waals surface area contributed by atoms with Crippen LogP contribution in [0.2, 0.25) is 30.1 Å². The number of aromatic nitrogens is 4. The number of nitrogen functional groups attached to an aromatic ring is 3. The molecule has 130 heavy (non-hydrogen) atoms. The summed E-state index contributed by atoms with van der Waals surface area (Å²) in [6.07, 6.45) is 13.3. The van der Waals surface area contributed by atoms with Gasteiger partial charge in [-0.25, -0.2) is 14.4 Å². The largest absolute Gasteiger partial charge is 0.471 e. The second kappa shape index (κ2) is 48.5. The minimum atomic E-state index is -4.83. The molecule has 6 aliphatic heterocycles. The molecule has 0 saturated heterocycles. The third-order valence-corrected chi connectivity index (χ3v) is 26.2. The summed E-state index contributed by atoms with van der Waals surface area (Å²) in [5.41, 5.74) is 41.9. The first-order chi connectivity index (χ1) is 61.8. The number of amides is 4. The summed E-state index contributed by atoms with van der Waals surface area (Å²) in [4.78, 5) is 88.6. The van der Waals surface area contributed by atoms with E-state index < -0.39 is 28.9 Å². The van der Waals surface area contributed by atoms with Gasteiger partial charge in [0.25, 0.3) is 0 Å². The third-order valence-electron chi connectivity index (χ3n) is 21.3. The monoisotopic (exact) mass is 1970 g/mol. The van der Waals surface area contributed by atoms with Crippen LogP contribution in [-0.2, 0) is 109 Å². The molecule has 4 aromatic heterocycles.